The average Bonchev–Trinajstić information content (AvgIpc) is 3.00. The van der Waals surface area contributed by atoms with Crippen LogP contribution in [0.4, 0.5) is 23.1 Å². The van der Waals surface area contributed by atoms with Crippen molar-refractivity contribution in [3.05, 3.63) is 71.4 Å². The highest BCUT2D eigenvalue weighted by Gasteiger charge is 2.18. The van der Waals surface area contributed by atoms with Gasteiger partial charge >= 0.3 is 0 Å². The molecule has 4 nitrogen and oxygen atoms in total. The number of hydrogen-bond acceptors (Lipinski definition) is 4. The van der Waals surface area contributed by atoms with Crippen LogP contribution in [0.15, 0.2) is 54.7 Å². The Hall–Kier alpha value is -2.88. The summed E-state index contributed by atoms with van der Waals surface area (Å²) in [5.74, 6) is 2.06. The van der Waals surface area contributed by atoms with Gasteiger partial charge in [0.05, 0.1) is 0 Å². The molecule has 2 N–H and O–H groups in total. The number of fused-ring (bicyclic) bond motifs is 1. The molecular formula is C21H22N4. The summed E-state index contributed by atoms with van der Waals surface area (Å²) in [7, 11) is 0. The van der Waals surface area contributed by atoms with Crippen LogP contribution in [0.3, 0.4) is 0 Å². The van der Waals surface area contributed by atoms with Gasteiger partial charge in [-0.05, 0) is 61.1 Å². The third-order valence-corrected chi connectivity index (χ3v) is 4.79. The van der Waals surface area contributed by atoms with Crippen LogP contribution in [-0.4, -0.2) is 9.97 Å². The van der Waals surface area contributed by atoms with Gasteiger partial charge in [-0.3, -0.25) is 0 Å². The predicted octanol–water partition coefficient (Wildman–Crippen LogP) is 5.32. The van der Waals surface area contributed by atoms with Gasteiger partial charge in [-0.2, -0.15) is 4.98 Å². The number of nitrogens with zero attached hydrogens (tertiary/aromatic N) is 2. The van der Waals surface area contributed by atoms with Gasteiger partial charge in [-0.15, -0.1) is 0 Å². The summed E-state index contributed by atoms with van der Waals surface area (Å²) < 4.78 is 0. The lowest BCUT2D eigenvalue weighted by Crippen LogP contribution is -2.03. The van der Waals surface area contributed by atoms with E-state index in [9.17, 15) is 0 Å². The Morgan fingerprint density at radius 2 is 1.84 bits per heavy atom. The Kier molecular flexibility index (Phi) is 4.10. The minimum Gasteiger partial charge on any atom is -0.340 e. The third kappa shape index (κ3) is 3.33. The highest BCUT2D eigenvalue weighted by molar-refractivity contribution is 5.63. The summed E-state index contributed by atoms with van der Waals surface area (Å²) in [6.45, 7) is 4.32. The van der Waals surface area contributed by atoms with Gasteiger partial charge in [-0.25, -0.2) is 4.98 Å². The van der Waals surface area contributed by atoms with Crippen LogP contribution in [0.25, 0.3) is 0 Å². The third-order valence-electron chi connectivity index (χ3n) is 4.79. The molecule has 0 spiro atoms. The van der Waals surface area contributed by atoms with Gasteiger partial charge in [0.15, 0.2) is 0 Å². The molecule has 0 saturated heterocycles. The molecule has 4 heteroatoms. The normalized spacial score (nSPS) is 15.7. The molecule has 0 fully saturated rings. The monoisotopic (exact) mass is 330 g/mol. The molecule has 0 saturated carbocycles. The van der Waals surface area contributed by atoms with E-state index in [0.717, 1.165) is 22.8 Å². The largest absolute Gasteiger partial charge is 0.340 e. The molecule has 4 rings (SSSR count). The maximum absolute atomic E-state index is 4.64. The summed E-state index contributed by atoms with van der Waals surface area (Å²) >= 11 is 0. The second-order valence-corrected chi connectivity index (χ2v) is 6.69. The molecule has 126 valence electrons. The summed E-state index contributed by atoms with van der Waals surface area (Å²) in [5, 5.41) is 6.70. The molecule has 0 bridgehead atoms. The van der Waals surface area contributed by atoms with Crippen molar-refractivity contribution in [2.75, 3.05) is 10.6 Å². The van der Waals surface area contributed by atoms with Crippen molar-refractivity contribution >= 4 is 23.1 Å². The van der Waals surface area contributed by atoms with Crippen molar-refractivity contribution in [3.63, 3.8) is 0 Å². The van der Waals surface area contributed by atoms with E-state index >= 15 is 0 Å². The Labute approximate surface area is 148 Å². The first-order valence-electron chi connectivity index (χ1n) is 8.74. The van der Waals surface area contributed by atoms with Gasteiger partial charge < -0.3 is 10.6 Å². The number of para-hydroxylation sites is 1. The number of aromatic nitrogens is 2. The Morgan fingerprint density at radius 1 is 1.00 bits per heavy atom. The van der Waals surface area contributed by atoms with E-state index < -0.39 is 0 Å². The van der Waals surface area contributed by atoms with Crippen molar-refractivity contribution < 1.29 is 0 Å². The zero-order chi connectivity index (χ0) is 17.2. The van der Waals surface area contributed by atoms with Gasteiger partial charge in [0.1, 0.15) is 5.82 Å². The average molecular weight is 330 g/mol. The molecule has 0 amide bonds. The molecule has 25 heavy (non-hydrogen) atoms. The van der Waals surface area contributed by atoms with Crippen molar-refractivity contribution in [3.8, 4) is 0 Å². The van der Waals surface area contributed by atoms with Crippen LogP contribution in [0.2, 0.25) is 0 Å². The zero-order valence-electron chi connectivity index (χ0n) is 14.6. The Balaban J connectivity index is 1.58. The lowest BCUT2D eigenvalue weighted by molar-refractivity contribution is 0.747. The molecule has 1 unspecified atom stereocenters. The van der Waals surface area contributed by atoms with Crippen molar-refractivity contribution in [2.24, 2.45) is 0 Å². The number of aryl methyl sites for hydroxylation is 2. The van der Waals surface area contributed by atoms with E-state index in [1.165, 1.54) is 24.0 Å². The van der Waals surface area contributed by atoms with E-state index in [-0.39, 0.29) is 0 Å². The van der Waals surface area contributed by atoms with Crippen molar-refractivity contribution in [2.45, 2.75) is 32.6 Å². The first-order valence-corrected chi connectivity index (χ1v) is 8.74. The van der Waals surface area contributed by atoms with Gasteiger partial charge in [0.2, 0.25) is 5.95 Å². The lowest BCUT2D eigenvalue weighted by Gasteiger charge is -2.13. The summed E-state index contributed by atoms with van der Waals surface area (Å²) in [6, 6.07) is 16.6. The highest BCUT2D eigenvalue weighted by atomic mass is 15.1. The number of anilines is 4. The number of rotatable bonds is 4. The van der Waals surface area contributed by atoms with E-state index in [4.69, 9.17) is 0 Å². The fourth-order valence-corrected chi connectivity index (χ4v) is 3.30. The Morgan fingerprint density at radius 3 is 2.68 bits per heavy atom. The lowest BCUT2D eigenvalue weighted by atomic mass is 10.0. The van der Waals surface area contributed by atoms with Gasteiger partial charge in [-0.1, -0.05) is 31.2 Å². The van der Waals surface area contributed by atoms with Crippen LogP contribution in [0, 0.1) is 6.92 Å². The molecule has 1 heterocycles. The van der Waals surface area contributed by atoms with Crippen LogP contribution < -0.4 is 10.6 Å². The van der Waals surface area contributed by atoms with Crippen LogP contribution in [0.5, 0.6) is 0 Å². The first-order chi connectivity index (χ1) is 12.2. The highest BCUT2D eigenvalue weighted by Crippen LogP contribution is 2.35. The molecule has 3 aromatic rings. The number of nitrogens with one attached hydrogen (secondary N) is 2. The van der Waals surface area contributed by atoms with E-state index in [1.807, 2.05) is 43.5 Å². The predicted molar refractivity (Wildman–Crippen MR) is 103 cm³/mol. The summed E-state index contributed by atoms with van der Waals surface area (Å²) in [6.07, 6.45) is 4.28. The minimum atomic E-state index is 0.592. The molecule has 1 aliphatic carbocycles. The molecule has 0 radical (unpaired) electrons. The second-order valence-electron chi connectivity index (χ2n) is 6.69. The number of benzene rings is 2. The fourth-order valence-electron chi connectivity index (χ4n) is 3.30. The smallest absolute Gasteiger partial charge is 0.229 e. The first kappa shape index (κ1) is 15.6. The van der Waals surface area contributed by atoms with Crippen molar-refractivity contribution in [1.29, 1.82) is 0 Å². The molecule has 1 aliphatic rings. The molecule has 0 aliphatic heterocycles. The second kappa shape index (κ2) is 6.55. The van der Waals surface area contributed by atoms with Gasteiger partial charge in [0.25, 0.3) is 0 Å². The van der Waals surface area contributed by atoms with E-state index in [1.54, 1.807) is 0 Å². The minimum absolute atomic E-state index is 0.592. The summed E-state index contributed by atoms with van der Waals surface area (Å²) in [5.41, 5.74) is 6.01. The van der Waals surface area contributed by atoms with Crippen LogP contribution in [-0.2, 0) is 6.42 Å². The molecule has 1 atom stereocenters. The number of hydrogen-bond donors (Lipinski definition) is 2. The Bertz CT molecular complexity index is 890. The maximum atomic E-state index is 4.64. The zero-order valence-corrected chi connectivity index (χ0v) is 14.6. The topological polar surface area (TPSA) is 49.8 Å². The fraction of sp³-hybridized carbons (Fsp3) is 0.238. The summed E-state index contributed by atoms with van der Waals surface area (Å²) in [4.78, 5) is 9.03. The van der Waals surface area contributed by atoms with E-state index in [2.05, 4.69) is 45.7 Å². The SMILES string of the molecule is Cc1cnc(Nc2ccccc2)nc1Nc1ccc2c(c1)C(C)CC2. The standard InChI is InChI=1S/C21H22N4/c1-14-8-9-16-10-11-18(12-19(14)16)23-20-15(2)13-22-21(25-20)24-17-6-4-3-5-7-17/h3-7,10-14H,8-9H2,1-2H3,(H2,22,23,24,25). The van der Waals surface area contributed by atoms with Crippen molar-refractivity contribution in [1.82, 2.24) is 9.97 Å². The maximum Gasteiger partial charge on any atom is 0.229 e. The van der Waals surface area contributed by atoms with Crippen LogP contribution >= 0.6 is 0 Å². The molecular weight excluding hydrogens is 308 g/mol. The quantitative estimate of drug-likeness (QED) is 0.679. The van der Waals surface area contributed by atoms with E-state index in [0.29, 0.717) is 11.9 Å². The van der Waals surface area contributed by atoms with Gasteiger partial charge in [0, 0.05) is 23.1 Å². The molecule has 2 aromatic carbocycles. The van der Waals surface area contributed by atoms with Crippen LogP contribution in [0.1, 0.15) is 36.0 Å². The molecule has 1 aromatic heterocycles.